The summed E-state index contributed by atoms with van der Waals surface area (Å²) in [7, 11) is 3.18. The number of hydrogen-bond acceptors (Lipinski definition) is 4. The average Bonchev–Trinajstić information content (AvgIpc) is 2.88. The third kappa shape index (κ3) is 5.03. The Morgan fingerprint density at radius 1 is 0.941 bits per heavy atom. The highest BCUT2D eigenvalue weighted by Gasteiger charge is 2.41. The summed E-state index contributed by atoms with van der Waals surface area (Å²) >= 11 is 0. The molecule has 0 spiro atoms. The smallest absolute Gasteiger partial charge is 0.227 e. The number of nitrogens with one attached hydrogen (secondary N) is 1. The van der Waals surface area contributed by atoms with Gasteiger partial charge in [0.05, 0.1) is 26.2 Å². The summed E-state index contributed by atoms with van der Waals surface area (Å²) in [6, 6.07) is 20.2. The molecule has 0 aliphatic carbocycles. The van der Waals surface area contributed by atoms with Crippen molar-refractivity contribution in [2.75, 3.05) is 19.1 Å². The van der Waals surface area contributed by atoms with Crippen molar-refractivity contribution in [3.05, 3.63) is 89.7 Å². The van der Waals surface area contributed by atoms with Crippen LogP contribution in [-0.2, 0) is 16.1 Å². The second-order valence-electron chi connectivity index (χ2n) is 8.17. The lowest BCUT2D eigenvalue weighted by Gasteiger charge is -2.41. The quantitative estimate of drug-likeness (QED) is 0.555. The fraction of sp³-hybridized carbons (Fsp3) is 0.259. The van der Waals surface area contributed by atoms with Crippen molar-refractivity contribution in [3.8, 4) is 11.5 Å². The predicted molar refractivity (Wildman–Crippen MR) is 127 cm³/mol. The largest absolute Gasteiger partial charge is 0.497 e. The first-order chi connectivity index (χ1) is 16.5. The van der Waals surface area contributed by atoms with E-state index in [1.807, 2.05) is 36.4 Å². The lowest BCUT2D eigenvalue weighted by Crippen LogP contribution is -2.48. The Balaban J connectivity index is 1.65. The minimum absolute atomic E-state index is 0.0476. The van der Waals surface area contributed by atoms with Crippen molar-refractivity contribution in [2.45, 2.75) is 25.4 Å². The Morgan fingerprint density at radius 2 is 1.53 bits per heavy atom. The van der Waals surface area contributed by atoms with E-state index in [-0.39, 0.29) is 30.6 Å². The van der Waals surface area contributed by atoms with E-state index in [0.717, 1.165) is 11.1 Å². The molecule has 0 saturated carbocycles. The lowest BCUT2D eigenvalue weighted by atomic mass is 9.83. The van der Waals surface area contributed by atoms with Crippen molar-refractivity contribution in [1.29, 1.82) is 0 Å². The molecule has 6 nitrogen and oxygen atoms in total. The maximum Gasteiger partial charge on any atom is 0.227 e. The van der Waals surface area contributed by atoms with Gasteiger partial charge in [-0.1, -0.05) is 24.3 Å². The van der Waals surface area contributed by atoms with Crippen LogP contribution in [-0.4, -0.2) is 26.0 Å². The molecule has 2 amide bonds. The zero-order valence-electron chi connectivity index (χ0n) is 19.2. The van der Waals surface area contributed by atoms with Crippen LogP contribution >= 0.6 is 0 Å². The molecule has 3 aromatic rings. The molecule has 3 aromatic carbocycles. The Hall–Kier alpha value is -3.87. The molecular formula is C27H27FN2O4. The summed E-state index contributed by atoms with van der Waals surface area (Å²) < 4.78 is 23.8. The van der Waals surface area contributed by atoms with Gasteiger partial charge in [0.25, 0.3) is 0 Å². The van der Waals surface area contributed by atoms with Gasteiger partial charge in [0, 0.05) is 18.7 Å². The summed E-state index contributed by atoms with van der Waals surface area (Å²) in [6.45, 7) is 0.279. The van der Waals surface area contributed by atoms with Crippen LogP contribution < -0.4 is 19.7 Å². The van der Waals surface area contributed by atoms with Gasteiger partial charge < -0.3 is 19.7 Å². The maximum atomic E-state index is 13.4. The number of anilines is 1. The highest BCUT2D eigenvalue weighted by atomic mass is 19.1. The number of hydrogen-bond donors (Lipinski definition) is 1. The molecule has 0 unspecified atom stereocenters. The first-order valence-corrected chi connectivity index (χ1v) is 11.1. The van der Waals surface area contributed by atoms with Gasteiger partial charge in [0.2, 0.25) is 11.8 Å². The normalized spacial score (nSPS) is 17.9. The third-order valence-electron chi connectivity index (χ3n) is 6.12. The number of carbonyl (C=O) groups excluding carboxylic acids is 2. The fourth-order valence-electron chi connectivity index (χ4n) is 4.32. The van der Waals surface area contributed by atoms with Gasteiger partial charge in [0.15, 0.2) is 0 Å². The fourth-order valence-corrected chi connectivity index (χ4v) is 4.32. The Labute approximate surface area is 198 Å². The van der Waals surface area contributed by atoms with Gasteiger partial charge in [0.1, 0.15) is 17.3 Å². The minimum atomic E-state index is -0.492. The molecule has 1 heterocycles. The molecule has 1 N–H and O–H groups in total. The summed E-state index contributed by atoms with van der Waals surface area (Å²) in [5.74, 6) is 0.385. The van der Waals surface area contributed by atoms with E-state index in [2.05, 4.69) is 5.32 Å². The van der Waals surface area contributed by atoms with Crippen LogP contribution in [0.2, 0.25) is 0 Å². The van der Waals surface area contributed by atoms with E-state index < -0.39 is 12.0 Å². The second-order valence-corrected chi connectivity index (χ2v) is 8.17. The summed E-state index contributed by atoms with van der Waals surface area (Å²) in [6.07, 6.45) is 0.685. The van der Waals surface area contributed by atoms with E-state index in [9.17, 15) is 14.0 Å². The summed E-state index contributed by atoms with van der Waals surface area (Å²) in [4.78, 5) is 28.2. The monoisotopic (exact) mass is 462 g/mol. The zero-order chi connectivity index (χ0) is 24.1. The Kier molecular flexibility index (Phi) is 7.11. The van der Waals surface area contributed by atoms with Crippen LogP contribution in [0.25, 0.3) is 0 Å². The summed E-state index contributed by atoms with van der Waals surface area (Å²) in [5, 5.41) is 2.97. The lowest BCUT2D eigenvalue weighted by molar-refractivity contribution is -0.129. The topological polar surface area (TPSA) is 67.9 Å². The molecule has 1 fully saturated rings. The molecule has 1 aliphatic rings. The van der Waals surface area contributed by atoms with Gasteiger partial charge in [-0.3, -0.25) is 9.59 Å². The zero-order valence-corrected chi connectivity index (χ0v) is 19.2. The third-order valence-corrected chi connectivity index (χ3v) is 6.12. The Morgan fingerprint density at radius 3 is 2.12 bits per heavy atom. The molecule has 34 heavy (non-hydrogen) atoms. The molecular weight excluding hydrogens is 435 g/mol. The predicted octanol–water partition coefficient (Wildman–Crippen LogP) is 4.64. The van der Waals surface area contributed by atoms with E-state index >= 15 is 0 Å². The average molecular weight is 463 g/mol. The minimum Gasteiger partial charge on any atom is -0.497 e. The van der Waals surface area contributed by atoms with Crippen LogP contribution in [0.3, 0.4) is 0 Å². The van der Waals surface area contributed by atoms with Crippen molar-refractivity contribution >= 4 is 17.5 Å². The van der Waals surface area contributed by atoms with E-state index in [1.165, 1.54) is 12.1 Å². The maximum absolute atomic E-state index is 13.4. The molecule has 1 aliphatic heterocycles. The van der Waals surface area contributed by atoms with Gasteiger partial charge in [-0.25, -0.2) is 4.39 Å². The van der Waals surface area contributed by atoms with Gasteiger partial charge in [-0.05, 0) is 66.1 Å². The molecule has 1 saturated heterocycles. The number of benzene rings is 3. The van der Waals surface area contributed by atoms with Crippen LogP contribution in [0.15, 0.2) is 72.8 Å². The van der Waals surface area contributed by atoms with Crippen LogP contribution in [0.4, 0.5) is 10.1 Å². The molecule has 7 heteroatoms. The highest BCUT2D eigenvalue weighted by molar-refractivity contribution is 5.97. The Bertz CT molecular complexity index is 1130. The van der Waals surface area contributed by atoms with Gasteiger partial charge >= 0.3 is 0 Å². The van der Waals surface area contributed by atoms with E-state index in [4.69, 9.17) is 9.47 Å². The molecule has 176 valence electrons. The number of amides is 2. The van der Waals surface area contributed by atoms with Crippen LogP contribution in [0.1, 0.15) is 30.0 Å². The number of methoxy groups -OCH3 is 2. The molecule has 0 aromatic heterocycles. The standard InChI is InChI=1S/C27H27FN2O4/c1-33-22-11-5-19(6-12-22)26-24(27(32)29-17-18-3-7-20(28)8-4-18)15-16-25(31)30(26)21-9-13-23(34-2)14-10-21/h3-14,24,26H,15-17H2,1-2H3,(H,29,32)/t24-,26+/m1/s1. The van der Waals surface area contributed by atoms with Gasteiger partial charge in [-0.2, -0.15) is 0 Å². The van der Waals surface area contributed by atoms with Crippen molar-refractivity contribution < 1.29 is 23.5 Å². The van der Waals surface area contributed by atoms with Gasteiger partial charge in [-0.15, -0.1) is 0 Å². The van der Waals surface area contributed by atoms with Crippen molar-refractivity contribution in [3.63, 3.8) is 0 Å². The number of nitrogens with zero attached hydrogens (tertiary/aromatic N) is 1. The number of piperidine rings is 1. The van der Waals surface area contributed by atoms with Crippen molar-refractivity contribution in [2.24, 2.45) is 5.92 Å². The molecule has 0 bridgehead atoms. The van der Waals surface area contributed by atoms with Crippen LogP contribution in [0.5, 0.6) is 11.5 Å². The number of rotatable bonds is 7. The SMILES string of the molecule is COc1ccc([C@H]2[C@H](C(=O)NCc3ccc(F)cc3)CCC(=O)N2c2ccc(OC)cc2)cc1. The van der Waals surface area contributed by atoms with E-state index in [0.29, 0.717) is 23.6 Å². The first-order valence-electron chi connectivity index (χ1n) is 11.1. The van der Waals surface area contributed by atoms with Crippen LogP contribution in [0, 0.1) is 11.7 Å². The highest BCUT2D eigenvalue weighted by Crippen LogP contribution is 2.41. The van der Waals surface area contributed by atoms with E-state index in [1.54, 1.807) is 43.4 Å². The molecule has 0 radical (unpaired) electrons. The number of carbonyl (C=O) groups is 2. The second kappa shape index (κ2) is 10.4. The number of ether oxygens (including phenoxy) is 2. The number of halogens is 1. The van der Waals surface area contributed by atoms with Crippen molar-refractivity contribution in [1.82, 2.24) is 5.32 Å². The first kappa shape index (κ1) is 23.3. The molecule has 4 rings (SSSR count). The molecule has 2 atom stereocenters. The summed E-state index contributed by atoms with van der Waals surface area (Å²) in [5.41, 5.74) is 2.34.